The summed E-state index contributed by atoms with van der Waals surface area (Å²) < 4.78 is 63.2. The van der Waals surface area contributed by atoms with Gasteiger partial charge in [-0.05, 0) is 26.8 Å². The first-order chi connectivity index (χ1) is 12.2. The van der Waals surface area contributed by atoms with Crippen molar-refractivity contribution in [3.8, 4) is 11.8 Å². The van der Waals surface area contributed by atoms with Crippen molar-refractivity contribution in [3.63, 3.8) is 0 Å². The number of carbonyl (C=O) groups excluding carboxylic acids is 1. The minimum absolute atomic E-state index is 0.324. The van der Waals surface area contributed by atoms with Gasteiger partial charge in [0.05, 0.1) is 10.6 Å². The number of carbonyl (C=O) groups is 1. The van der Waals surface area contributed by atoms with Crippen LogP contribution in [0.1, 0.15) is 32.8 Å². The molecule has 0 aliphatic heterocycles. The van der Waals surface area contributed by atoms with E-state index in [9.17, 15) is 22.4 Å². The van der Waals surface area contributed by atoms with Gasteiger partial charge in [-0.3, -0.25) is 0 Å². The van der Waals surface area contributed by atoms with Gasteiger partial charge in [0.25, 0.3) is 0 Å². The molecule has 0 aliphatic rings. The van der Waals surface area contributed by atoms with Gasteiger partial charge in [0.2, 0.25) is 0 Å². The molecule has 0 heterocycles. The smallest absolute Gasteiger partial charge is 0.425 e. The number of rotatable bonds is 5. The van der Waals surface area contributed by atoms with E-state index in [0.717, 1.165) is 11.0 Å². The summed E-state index contributed by atoms with van der Waals surface area (Å²) in [6, 6.07) is 3.06. The number of amides is 1. The summed E-state index contributed by atoms with van der Waals surface area (Å²) >= 11 is 5.56. The highest BCUT2D eigenvalue weighted by molar-refractivity contribution is 6.30. The van der Waals surface area contributed by atoms with Crippen LogP contribution in [-0.2, 0) is 4.74 Å². The maximum atomic E-state index is 13.4. The molecule has 1 atom stereocenters. The van der Waals surface area contributed by atoms with E-state index in [1.807, 2.05) is 0 Å². The Bertz CT molecular complexity index is 727. The Labute approximate surface area is 159 Å². The molecule has 5 nitrogen and oxygen atoms in total. The number of alkyl halides is 3. The third kappa shape index (κ3) is 7.13. The van der Waals surface area contributed by atoms with Gasteiger partial charge < -0.3 is 14.4 Å². The first kappa shape index (κ1) is 22.8. The molecule has 27 heavy (non-hydrogen) atoms. The predicted octanol–water partition coefficient (Wildman–Crippen LogP) is 4.92. The second-order valence-corrected chi connectivity index (χ2v) is 7.12. The number of hydrogen-bond acceptors (Lipinski definition) is 4. The summed E-state index contributed by atoms with van der Waals surface area (Å²) in [7, 11) is 1.29. The molecule has 0 radical (unpaired) electrons. The molecule has 0 fully saturated rings. The monoisotopic (exact) mass is 410 g/mol. The second kappa shape index (κ2) is 8.65. The normalized spacial score (nSPS) is 12.9. The molecule has 0 spiro atoms. The minimum atomic E-state index is -4.79. The lowest BCUT2D eigenvalue weighted by Gasteiger charge is -2.27. The van der Waals surface area contributed by atoms with Crippen LogP contribution in [0.2, 0.25) is 5.02 Å². The van der Waals surface area contributed by atoms with Crippen molar-refractivity contribution in [2.75, 3.05) is 13.6 Å². The Kier molecular flexibility index (Phi) is 7.32. The van der Waals surface area contributed by atoms with E-state index >= 15 is 0 Å². The highest BCUT2D eigenvalue weighted by Crippen LogP contribution is 2.32. The summed E-state index contributed by atoms with van der Waals surface area (Å²) in [5.41, 5.74) is -1.22. The summed E-state index contributed by atoms with van der Waals surface area (Å²) in [5.74, 6) is -1.44. The zero-order chi connectivity index (χ0) is 21.0. The molecule has 0 N–H and O–H groups in total. The lowest BCUT2D eigenvalue weighted by molar-refractivity contribution is -0.197. The van der Waals surface area contributed by atoms with E-state index < -0.39 is 52.5 Å². The van der Waals surface area contributed by atoms with E-state index in [4.69, 9.17) is 26.3 Å². The van der Waals surface area contributed by atoms with Crippen molar-refractivity contribution >= 4 is 17.7 Å². The third-order valence-electron chi connectivity index (χ3n) is 3.21. The van der Waals surface area contributed by atoms with Crippen LogP contribution in [0, 0.1) is 17.1 Å². The van der Waals surface area contributed by atoms with Crippen molar-refractivity contribution in [1.82, 2.24) is 4.90 Å². The average molecular weight is 411 g/mol. The van der Waals surface area contributed by atoms with Crippen molar-refractivity contribution in [3.05, 3.63) is 28.5 Å². The van der Waals surface area contributed by atoms with Gasteiger partial charge in [-0.2, -0.15) is 18.4 Å². The van der Waals surface area contributed by atoms with E-state index in [1.54, 1.807) is 26.8 Å². The standard InChI is InChI=1S/C17H19ClF4N2O3/c1-16(2,3)27-15(25)24(4)6-5-14(17(20,21)22)26-13-8-11(18)12(19)7-10(13)9-23/h7-8,14H,5-6H2,1-4H3. The first-order valence-corrected chi connectivity index (χ1v) is 8.19. The Balaban J connectivity index is 2.92. The summed E-state index contributed by atoms with van der Waals surface area (Å²) in [4.78, 5) is 12.8. The van der Waals surface area contributed by atoms with Gasteiger partial charge in [0, 0.05) is 26.1 Å². The number of ether oxygens (including phenoxy) is 2. The highest BCUT2D eigenvalue weighted by atomic mass is 35.5. The van der Waals surface area contributed by atoms with Gasteiger partial charge in [0.15, 0.2) is 6.10 Å². The van der Waals surface area contributed by atoms with Gasteiger partial charge in [-0.15, -0.1) is 0 Å². The molecule has 0 saturated heterocycles. The SMILES string of the molecule is CN(CCC(Oc1cc(Cl)c(F)cc1C#N)C(F)(F)F)C(=O)OC(C)(C)C. The van der Waals surface area contributed by atoms with Crippen molar-refractivity contribution in [2.24, 2.45) is 0 Å². The molecular weight excluding hydrogens is 392 g/mol. The number of hydrogen-bond donors (Lipinski definition) is 0. The lowest BCUT2D eigenvalue weighted by Crippen LogP contribution is -2.40. The van der Waals surface area contributed by atoms with E-state index in [0.29, 0.717) is 6.07 Å². The molecule has 1 unspecified atom stereocenters. The molecule has 0 aliphatic carbocycles. The second-order valence-electron chi connectivity index (χ2n) is 6.71. The van der Waals surface area contributed by atoms with Crippen LogP contribution < -0.4 is 4.74 Å². The van der Waals surface area contributed by atoms with Crippen LogP contribution >= 0.6 is 11.6 Å². The van der Waals surface area contributed by atoms with Crippen LogP contribution in [0.15, 0.2) is 12.1 Å². The van der Waals surface area contributed by atoms with E-state index in [-0.39, 0.29) is 6.54 Å². The van der Waals surface area contributed by atoms with E-state index in [2.05, 4.69) is 0 Å². The molecule has 1 amide bonds. The molecule has 0 aromatic heterocycles. The number of nitriles is 1. The van der Waals surface area contributed by atoms with Gasteiger partial charge in [0.1, 0.15) is 23.2 Å². The predicted molar refractivity (Wildman–Crippen MR) is 90.1 cm³/mol. The lowest BCUT2D eigenvalue weighted by atomic mass is 10.2. The van der Waals surface area contributed by atoms with Crippen LogP contribution in [-0.4, -0.2) is 42.5 Å². The van der Waals surface area contributed by atoms with Crippen LogP contribution in [0.3, 0.4) is 0 Å². The van der Waals surface area contributed by atoms with Gasteiger partial charge >= 0.3 is 12.3 Å². The first-order valence-electron chi connectivity index (χ1n) is 7.81. The zero-order valence-corrected chi connectivity index (χ0v) is 15.9. The topological polar surface area (TPSA) is 62.6 Å². The average Bonchev–Trinajstić information content (AvgIpc) is 2.51. The molecule has 0 bridgehead atoms. The van der Waals surface area contributed by atoms with Crippen molar-refractivity contribution < 1.29 is 31.8 Å². The zero-order valence-electron chi connectivity index (χ0n) is 15.2. The van der Waals surface area contributed by atoms with Gasteiger partial charge in [-0.25, -0.2) is 9.18 Å². The highest BCUT2D eigenvalue weighted by Gasteiger charge is 2.42. The molecule has 1 aromatic rings. The fourth-order valence-corrected chi connectivity index (χ4v) is 2.05. The number of benzene rings is 1. The summed E-state index contributed by atoms with van der Waals surface area (Å²) in [6.07, 6.45) is -8.54. The largest absolute Gasteiger partial charge is 0.479 e. The summed E-state index contributed by atoms with van der Waals surface area (Å²) in [5, 5.41) is 8.48. The molecule has 1 aromatic carbocycles. The van der Waals surface area contributed by atoms with Gasteiger partial charge in [-0.1, -0.05) is 11.6 Å². The molecule has 0 saturated carbocycles. The molecule has 1 rings (SSSR count). The molecule has 10 heteroatoms. The maximum Gasteiger partial charge on any atom is 0.425 e. The minimum Gasteiger partial charge on any atom is -0.479 e. The van der Waals surface area contributed by atoms with E-state index in [1.165, 1.54) is 7.05 Å². The summed E-state index contributed by atoms with van der Waals surface area (Å²) in [6.45, 7) is 4.56. The quantitative estimate of drug-likeness (QED) is 0.646. The van der Waals surface area contributed by atoms with Crippen molar-refractivity contribution in [2.45, 2.75) is 45.1 Å². The third-order valence-corrected chi connectivity index (χ3v) is 3.50. The fourth-order valence-electron chi connectivity index (χ4n) is 1.90. The van der Waals surface area contributed by atoms with Crippen LogP contribution in [0.4, 0.5) is 22.4 Å². The number of halogens is 5. The molecular formula is C17H19ClF4N2O3. The van der Waals surface area contributed by atoms with Crippen LogP contribution in [0.5, 0.6) is 5.75 Å². The fraction of sp³-hybridized carbons (Fsp3) is 0.529. The number of nitrogens with zero attached hydrogens (tertiary/aromatic N) is 2. The Hall–Kier alpha value is -2.21. The van der Waals surface area contributed by atoms with Crippen molar-refractivity contribution in [1.29, 1.82) is 5.26 Å². The Morgan fingerprint density at radius 3 is 2.41 bits per heavy atom. The van der Waals surface area contributed by atoms with Crippen LogP contribution in [0.25, 0.3) is 0 Å². The molecule has 150 valence electrons. The Morgan fingerprint density at radius 2 is 1.93 bits per heavy atom. The maximum absolute atomic E-state index is 13.4. The Morgan fingerprint density at radius 1 is 1.33 bits per heavy atom.